The van der Waals surface area contributed by atoms with E-state index in [2.05, 4.69) is 20.7 Å². The van der Waals surface area contributed by atoms with Gasteiger partial charge in [0.2, 0.25) is 5.91 Å². The first kappa shape index (κ1) is 24.5. The highest BCUT2D eigenvalue weighted by molar-refractivity contribution is 6.30. The molecule has 1 aromatic carbocycles. The van der Waals surface area contributed by atoms with Crippen LogP contribution < -0.4 is 16.2 Å². The molecule has 0 spiro atoms. The molecule has 2 N–H and O–H groups in total. The van der Waals surface area contributed by atoms with Crippen LogP contribution in [0.15, 0.2) is 47.3 Å². The van der Waals surface area contributed by atoms with Crippen LogP contribution in [-0.2, 0) is 11.3 Å². The van der Waals surface area contributed by atoms with Gasteiger partial charge in [-0.25, -0.2) is 14.1 Å². The molecule has 0 aliphatic carbocycles. The van der Waals surface area contributed by atoms with Crippen LogP contribution in [0.2, 0.25) is 5.02 Å². The molecular weight excluding hydrogens is 501 g/mol. The molecule has 2 aliphatic heterocycles. The third kappa shape index (κ3) is 5.35. The van der Waals surface area contributed by atoms with Crippen molar-refractivity contribution in [1.29, 1.82) is 5.26 Å². The third-order valence-corrected chi connectivity index (χ3v) is 6.64. The number of carbonyl (C=O) groups is 2. The van der Waals surface area contributed by atoms with E-state index in [-0.39, 0.29) is 45.8 Å². The largest absolute Gasteiger partial charge is 0.336 e. The number of nitrogens with zero attached hydrogens (tertiary/aromatic N) is 5. The molecule has 12 heteroatoms. The Kier molecular flexibility index (Phi) is 6.69. The van der Waals surface area contributed by atoms with Crippen LogP contribution in [0, 0.1) is 17.1 Å². The molecule has 4 heterocycles. The van der Waals surface area contributed by atoms with Gasteiger partial charge in [0, 0.05) is 42.4 Å². The number of pyridine rings is 1. The average Bonchev–Trinajstić information content (AvgIpc) is 3.23. The molecule has 2 atom stereocenters. The van der Waals surface area contributed by atoms with Gasteiger partial charge in [0.15, 0.2) is 0 Å². The predicted octanol–water partition coefficient (Wildman–Crippen LogP) is 2.18. The Morgan fingerprint density at radius 2 is 1.92 bits per heavy atom. The zero-order valence-corrected chi connectivity index (χ0v) is 20.2. The van der Waals surface area contributed by atoms with Gasteiger partial charge in [-0.15, -0.1) is 0 Å². The zero-order valence-electron chi connectivity index (χ0n) is 19.4. The van der Waals surface area contributed by atoms with Gasteiger partial charge in [0.25, 0.3) is 11.5 Å². The first-order valence-corrected chi connectivity index (χ1v) is 12.0. The van der Waals surface area contributed by atoms with Crippen molar-refractivity contribution in [3.05, 3.63) is 74.9 Å². The van der Waals surface area contributed by atoms with Crippen molar-refractivity contribution >= 4 is 29.2 Å². The minimum absolute atomic E-state index is 0.00878. The summed E-state index contributed by atoms with van der Waals surface area (Å²) in [5.41, 5.74) is 0.317. The van der Waals surface area contributed by atoms with Crippen molar-refractivity contribution in [2.45, 2.75) is 31.5 Å². The monoisotopic (exact) mass is 521 g/mol. The SMILES string of the molecule is N#Cc1cc(C(=O)N2CC3CCC(C2)N3)cc(NC(=O)Cn2nc(-c3ccc(Cl)c(F)c3)ccc2=O)n1. The Morgan fingerprint density at radius 3 is 2.62 bits per heavy atom. The van der Waals surface area contributed by atoms with E-state index < -0.39 is 23.8 Å². The van der Waals surface area contributed by atoms with E-state index in [1.165, 1.54) is 36.4 Å². The number of hydrogen-bond donors (Lipinski definition) is 2. The molecule has 3 aromatic rings. The summed E-state index contributed by atoms with van der Waals surface area (Å²) in [6.07, 6.45) is 2.02. The molecular formula is C25H21ClFN7O3. The molecule has 37 heavy (non-hydrogen) atoms. The topological polar surface area (TPSA) is 133 Å². The number of amides is 2. The van der Waals surface area contributed by atoms with Crippen molar-refractivity contribution in [1.82, 2.24) is 25.0 Å². The number of anilines is 1. The second-order valence-corrected chi connectivity index (χ2v) is 9.38. The van der Waals surface area contributed by atoms with Crippen LogP contribution in [0.25, 0.3) is 11.3 Å². The van der Waals surface area contributed by atoms with Gasteiger partial charge in [-0.05, 0) is 43.2 Å². The van der Waals surface area contributed by atoms with Gasteiger partial charge in [-0.1, -0.05) is 17.7 Å². The fraction of sp³-hybridized carbons (Fsp3) is 0.280. The Bertz CT molecular complexity index is 1490. The number of carbonyl (C=O) groups excluding carboxylic acids is 2. The summed E-state index contributed by atoms with van der Waals surface area (Å²) >= 11 is 5.73. The highest BCUT2D eigenvalue weighted by Crippen LogP contribution is 2.23. The summed E-state index contributed by atoms with van der Waals surface area (Å²) in [4.78, 5) is 44.0. The molecule has 2 amide bonds. The van der Waals surface area contributed by atoms with Crippen molar-refractivity contribution in [2.75, 3.05) is 18.4 Å². The number of nitrogens with one attached hydrogen (secondary N) is 2. The van der Waals surface area contributed by atoms with Crippen LogP contribution >= 0.6 is 11.6 Å². The summed E-state index contributed by atoms with van der Waals surface area (Å²) in [6.45, 7) is 0.680. The Balaban J connectivity index is 1.33. The maximum Gasteiger partial charge on any atom is 0.267 e. The number of halogens is 2. The maximum atomic E-state index is 13.9. The highest BCUT2D eigenvalue weighted by atomic mass is 35.5. The first-order chi connectivity index (χ1) is 17.8. The van der Waals surface area contributed by atoms with Crippen molar-refractivity contribution < 1.29 is 14.0 Å². The quantitative estimate of drug-likeness (QED) is 0.525. The minimum Gasteiger partial charge on any atom is -0.336 e. The molecule has 2 unspecified atom stereocenters. The van der Waals surface area contributed by atoms with Crippen LogP contribution in [-0.4, -0.2) is 56.7 Å². The number of fused-ring (bicyclic) bond motifs is 2. The summed E-state index contributed by atoms with van der Waals surface area (Å²) < 4.78 is 14.8. The number of rotatable bonds is 5. The molecule has 2 bridgehead atoms. The molecule has 0 radical (unpaired) electrons. The summed E-state index contributed by atoms with van der Waals surface area (Å²) in [5.74, 6) is -1.52. The molecule has 10 nitrogen and oxygen atoms in total. The third-order valence-electron chi connectivity index (χ3n) is 6.33. The van der Waals surface area contributed by atoms with E-state index in [4.69, 9.17) is 11.6 Å². The summed E-state index contributed by atoms with van der Waals surface area (Å²) in [6, 6.07) is 11.9. The Morgan fingerprint density at radius 1 is 1.16 bits per heavy atom. The van der Waals surface area contributed by atoms with E-state index in [1.54, 1.807) is 11.0 Å². The zero-order chi connectivity index (χ0) is 26.1. The van der Waals surface area contributed by atoms with Crippen molar-refractivity contribution in [3.63, 3.8) is 0 Å². The Labute approximate surface area is 215 Å². The van der Waals surface area contributed by atoms with Crippen molar-refractivity contribution in [3.8, 4) is 17.3 Å². The lowest BCUT2D eigenvalue weighted by molar-refractivity contribution is -0.117. The van der Waals surface area contributed by atoms with Gasteiger partial charge < -0.3 is 15.5 Å². The minimum atomic E-state index is -0.643. The van der Waals surface area contributed by atoms with Gasteiger partial charge >= 0.3 is 0 Å². The lowest BCUT2D eigenvalue weighted by Gasteiger charge is -2.33. The molecule has 0 saturated carbocycles. The average molecular weight is 522 g/mol. The molecule has 5 rings (SSSR count). The molecule has 2 fully saturated rings. The number of nitriles is 1. The van der Waals surface area contributed by atoms with Gasteiger partial charge in [0.1, 0.15) is 29.9 Å². The molecule has 2 aromatic heterocycles. The molecule has 2 saturated heterocycles. The number of likely N-dealkylation sites (tertiary alicyclic amines) is 1. The van der Waals surface area contributed by atoms with E-state index in [1.807, 2.05) is 6.07 Å². The normalized spacial score (nSPS) is 18.4. The van der Waals surface area contributed by atoms with E-state index in [9.17, 15) is 24.0 Å². The van der Waals surface area contributed by atoms with Gasteiger partial charge in [-0.3, -0.25) is 14.4 Å². The Hall–Kier alpha value is -4.14. The maximum absolute atomic E-state index is 13.9. The smallest absolute Gasteiger partial charge is 0.267 e. The fourth-order valence-electron chi connectivity index (χ4n) is 4.61. The number of hydrogen-bond acceptors (Lipinski definition) is 7. The van der Waals surface area contributed by atoms with E-state index >= 15 is 0 Å². The fourth-order valence-corrected chi connectivity index (χ4v) is 4.73. The highest BCUT2D eigenvalue weighted by Gasteiger charge is 2.34. The summed E-state index contributed by atoms with van der Waals surface area (Å²) in [7, 11) is 0. The van der Waals surface area contributed by atoms with Crippen molar-refractivity contribution in [2.24, 2.45) is 0 Å². The van der Waals surface area contributed by atoms with Crippen LogP contribution in [0.4, 0.5) is 10.2 Å². The van der Waals surface area contributed by atoms with Gasteiger partial charge in [-0.2, -0.15) is 10.4 Å². The van der Waals surface area contributed by atoms with Gasteiger partial charge in [0.05, 0.1) is 10.7 Å². The predicted molar refractivity (Wildman–Crippen MR) is 132 cm³/mol. The van der Waals surface area contributed by atoms with Crippen LogP contribution in [0.3, 0.4) is 0 Å². The molecule has 188 valence electrons. The number of piperazine rings is 1. The van der Waals surface area contributed by atoms with E-state index in [0.717, 1.165) is 17.5 Å². The first-order valence-electron chi connectivity index (χ1n) is 11.6. The van der Waals surface area contributed by atoms with Crippen LogP contribution in [0.5, 0.6) is 0 Å². The number of aromatic nitrogens is 3. The second-order valence-electron chi connectivity index (χ2n) is 8.98. The number of benzene rings is 1. The van der Waals surface area contributed by atoms with E-state index in [0.29, 0.717) is 18.7 Å². The van der Waals surface area contributed by atoms with Crippen LogP contribution in [0.1, 0.15) is 28.9 Å². The lowest BCUT2D eigenvalue weighted by atomic mass is 10.1. The summed E-state index contributed by atoms with van der Waals surface area (Å²) in [5, 5.41) is 19.5. The molecule has 2 aliphatic rings. The lowest BCUT2D eigenvalue weighted by Crippen LogP contribution is -2.53. The second kappa shape index (κ2) is 10.1. The standard InChI is InChI=1S/C25H21ClFN7O3/c26-19-4-1-14(8-20(19)27)21-5-6-24(36)34(32-21)13-23(35)31-22-9-15(7-18(10-28)30-22)25(37)33-11-16-2-3-17(12-33)29-16/h1,4-9,16-17,29H,2-3,11-13H2,(H,30,31,35).